The largest absolute Gasteiger partial charge is 0.573 e. The Bertz CT molecular complexity index is 1230. The highest BCUT2D eigenvalue weighted by molar-refractivity contribution is 5.86. The second kappa shape index (κ2) is 7.04. The second-order valence-electron chi connectivity index (χ2n) is 6.28. The lowest BCUT2D eigenvalue weighted by Crippen LogP contribution is -2.23. The lowest BCUT2D eigenvalue weighted by molar-refractivity contribution is -0.274. The summed E-state index contributed by atoms with van der Waals surface area (Å²) in [6.45, 7) is 1.82. The van der Waals surface area contributed by atoms with Crippen LogP contribution in [0.3, 0.4) is 0 Å². The summed E-state index contributed by atoms with van der Waals surface area (Å²) in [6.07, 6.45) is -3.19. The summed E-state index contributed by atoms with van der Waals surface area (Å²) in [5.74, 6) is -0.315. The molecule has 0 unspecified atom stereocenters. The minimum Gasteiger partial charge on any atom is -0.406 e. The van der Waals surface area contributed by atoms with Crippen molar-refractivity contribution in [3.8, 4) is 16.9 Å². The predicted octanol–water partition coefficient (Wildman–Crippen LogP) is 3.70. The van der Waals surface area contributed by atoms with E-state index in [1.807, 2.05) is 0 Å². The fourth-order valence-corrected chi connectivity index (χ4v) is 2.85. The number of benzene rings is 2. The quantitative estimate of drug-likeness (QED) is 0.518. The highest BCUT2D eigenvalue weighted by atomic mass is 19.4. The summed E-state index contributed by atoms with van der Waals surface area (Å²) in [7, 11) is 0. The molecule has 0 radical (unpaired) electrons. The number of nitrogens with zero attached hydrogens (tertiary/aromatic N) is 4. The van der Waals surface area contributed by atoms with E-state index in [4.69, 9.17) is 0 Å². The monoisotopic (exact) mass is 402 g/mol. The van der Waals surface area contributed by atoms with Gasteiger partial charge in [0.25, 0.3) is 5.56 Å². The number of ether oxygens (including phenoxy) is 1. The van der Waals surface area contributed by atoms with Gasteiger partial charge >= 0.3 is 6.36 Å². The van der Waals surface area contributed by atoms with Crippen LogP contribution in [0.25, 0.3) is 21.9 Å². The van der Waals surface area contributed by atoms with E-state index < -0.39 is 6.36 Å². The van der Waals surface area contributed by atoms with Crippen LogP contribution in [0.2, 0.25) is 0 Å². The van der Waals surface area contributed by atoms with Gasteiger partial charge in [-0.05, 0) is 36.2 Å². The maximum absolute atomic E-state index is 12.8. The molecule has 148 valence electrons. The Labute approximate surface area is 161 Å². The van der Waals surface area contributed by atoms with Gasteiger partial charge in [0.1, 0.15) is 17.1 Å². The van der Waals surface area contributed by atoms with E-state index in [0.717, 1.165) is 0 Å². The molecule has 2 aromatic carbocycles. The first kappa shape index (κ1) is 18.7. The molecule has 0 aliphatic carbocycles. The molecule has 0 fully saturated rings. The average Bonchev–Trinajstić information content (AvgIpc) is 3.08. The van der Waals surface area contributed by atoms with Gasteiger partial charge in [-0.25, -0.2) is 9.31 Å². The van der Waals surface area contributed by atoms with Gasteiger partial charge < -0.3 is 4.74 Å². The minimum atomic E-state index is -4.75. The van der Waals surface area contributed by atoms with Crippen molar-refractivity contribution in [2.45, 2.75) is 19.8 Å². The standard InChI is InChI=1S/C19H13F3N4O3/c1-11-17(25-29-24-11)10-26-18(27)16-8-13(2-3-14(16)9-23-26)12-4-6-15(7-5-12)28-19(20,21)22/h2-9H,10H2,1H3. The van der Waals surface area contributed by atoms with Crippen molar-refractivity contribution < 1.29 is 22.5 Å². The van der Waals surface area contributed by atoms with Crippen LogP contribution in [0.5, 0.6) is 5.75 Å². The summed E-state index contributed by atoms with van der Waals surface area (Å²) in [5.41, 5.74) is 2.04. The first-order chi connectivity index (χ1) is 13.8. The van der Waals surface area contributed by atoms with Gasteiger partial charge in [-0.2, -0.15) is 5.10 Å². The van der Waals surface area contributed by atoms with Gasteiger partial charge in [0.15, 0.2) is 0 Å². The number of aryl methyl sites for hydroxylation is 1. The molecular formula is C19H13F3N4O3. The summed E-state index contributed by atoms with van der Waals surface area (Å²) >= 11 is 0. The molecule has 29 heavy (non-hydrogen) atoms. The van der Waals surface area contributed by atoms with Crippen molar-refractivity contribution in [3.05, 3.63) is 70.4 Å². The molecule has 0 atom stereocenters. The minimum absolute atomic E-state index is 0.109. The number of alkyl halides is 3. The van der Waals surface area contributed by atoms with Gasteiger partial charge in [0.2, 0.25) is 0 Å². The Hall–Kier alpha value is -3.69. The van der Waals surface area contributed by atoms with Crippen molar-refractivity contribution in [1.82, 2.24) is 20.1 Å². The number of aromatic nitrogens is 4. The molecule has 7 nitrogen and oxygen atoms in total. The van der Waals surface area contributed by atoms with Crippen molar-refractivity contribution in [1.29, 1.82) is 0 Å². The van der Waals surface area contributed by atoms with Gasteiger partial charge in [-0.15, -0.1) is 13.2 Å². The fraction of sp³-hybridized carbons (Fsp3) is 0.158. The van der Waals surface area contributed by atoms with Crippen molar-refractivity contribution >= 4 is 10.8 Å². The maximum atomic E-state index is 12.8. The molecule has 0 saturated carbocycles. The van der Waals surface area contributed by atoms with E-state index in [-0.39, 0.29) is 17.9 Å². The number of fused-ring (bicyclic) bond motifs is 1. The summed E-state index contributed by atoms with van der Waals surface area (Å²) in [4.78, 5) is 12.8. The highest BCUT2D eigenvalue weighted by Gasteiger charge is 2.30. The van der Waals surface area contributed by atoms with Crippen LogP contribution < -0.4 is 10.3 Å². The van der Waals surface area contributed by atoms with E-state index in [9.17, 15) is 18.0 Å². The van der Waals surface area contributed by atoms with Crippen LogP contribution in [-0.2, 0) is 6.54 Å². The summed E-state index contributed by atoms with van der Waals surface area (Å²) < 4.78 is 46.7. The molecule has 10 heteroatoms. The number of hydrogen-bond donors (Lipinski definition) is 0. The molecule has 2 heterocycles. The lowest BCUT2D eigenvalue weighted by Gasteiger charge is -2.10. The van der Waals surface area contributed by atoms with Crippen molar-refractivity contribution in [3.63, 3.8) is 0 Å². The van der Waals surface area contributed by atoms with Crippen LogP contribution in [0.15, 0.2) is 58.1 Å². The van der Waals surface area contributed by atoms with Crippen LogP contribution in [0.4, 0.5) is 13.2 Å². The second-order valence-corrected chi connectivity index (χ2v) is 6.28. The SMILES string of the molecule is Cc1nonc1Cn1ncc2ccc(-c3ccc(OC(F)(F)F)cc3)cc2c1=O. The molecule has 2 aromatic heterocycles. The molecule has 0 saturated heterocycles. The zero-order chi connectivity index (χ0) is 20.6. The molecule has 0 aliphatic heterocycles. The van der Waals surface area contributed by atoms with Gasteiger partial charge in [0.05, 0.1) is 18.1 Å². The Morgan fingerprint density at radius 1 is 1.07 bits per heavy atom. The molecule has 0 bridgehead atoms. The predicted molar refractivity (Wildman–Crippen MR) is 96.3 cm³/mol. The number of rotatable bonds is 4. The third-order valence-corrected chi connectivity index (χ3v) is 4.32. The van der Waals surface area contributed by atoms with Crippen LogP contribution in [0.1, 0.15) is 11.4 Å². The van der Waals surface area contributed by atoms with E-state index in [1.165, 1.54) is 28.9 Å². The maximum Gasteiger partial charge on any atom is 0.573 e. The van der Waals surface area contributed by atoms with Crippen LogP contribution in [0, 0.1) is 6.92 Å². The Kier molecular flexibility index (Phi) is 4.53. The average molecular weight is 402 g/mol. The highest BCUT2D eigenvalue weighted by Crippen LogP contribution is 2.27. The molecule has 0 N–H and O–H groups in total. The Morgan fingerprint density at radius 3 is 2.45 bits per heavy atom. The number of halogens is 3. The zero-order valence-corrected chi connectivity index (χ0v) is 15.0. The molecule has 4 aromatic rings. The third-order valence-electron chi connectivity index (χ3n) is 4.32. The van der Waals surface area contributed by atoms with Gasteiger partial charge in [0, 0.05) is 5.39 Å². The van der Waals surface area contributed by atoms with Crippen LogP contribution in [-0.4, -0.2) is 26.5 Å². The third kappa shape index (κ3) is 3.96. The van der Waals surface area contributed by atoms with E-state index in [0.29, 0.717) is 33.3 Å². The van der Waals surface area contributed by atoms with Crippen molar-refractivity contribution in [2.75, 3.05) is 0 Å². The van der Waals surface area contributed by atoms with Crippen LogP contribution >= 0.6 is 0 Å². The topological polar surface area (TPSA) is 83.0 Å². The summed E-state index contributed by atoms with van der Waals surface area (Å²) in [6, 6.07) is 10.6. The van der Waals surface area contributed by atoms with Gasteiger partial charge in [-0.1, -0.05) is 34.6 Å². The van der Waals surface area contributed by atoms with E-state index in [2.05, 4.69) is 24.8 Å². The van der Waals surface area contributed by atoms with E-state index >= 15 is 0 Å². The molecule has 0 aliphatic rings. The lowest BCUT2D eigenvalue weighted by atomic mass is 10.0. The van der Waals surface area contributed by atoms with E-state index in [1.54, 1.807) is 31.3 Å². The molecular weight excluding hydrogens is 389 g/mol. The first-order valence-electron chi connectivity index (χ1n) is 8.44. The Balaban J connectivity index is 1.69. The van der Waals surface area contributed by atoms with Gasteiger partial charge in [-0.3, -0.25) is 4.79 Å². The molecule has 0 amide bonds. The smallest absolute Gasteiger partial charge is 0.406 e. The normalized spacial score (nSPS) is 11.7. The Morgan fingerprint density at radius 2 is 1.79 bits per heavy atom. The molecule has 4 rings (SSSR count). The number of hydrogen-bond acceptors (Lipinski definition) is 6. The summed E-state index contributed by atoms with van der Waals surface area (Å²) in [5, 5.41) is 12.6. The van der Waals surface area contributed by atoms with Crippen molar-refractivity contribution in [2.24, 2.45) is 0 Å². The zero-order valence-electron chi connectivity index (χ0n) is 15.0. The molecule has 0 spiro atoms. The first-order valence-corrected chi connectivity index (χ1v) is 8.44. The fourth-order valence-electron chi connectivity index (χ4n) is 2.85.